The van der Waals surface area contributed by atoms with Crippen molar-refractivity contribution in [1.29, 1.82) is 0 Å². The van der Waals surface area contributed by atoms with E-state index in [1.54, 1.807) is 12.0 Å². The van der Waals surface area contributed by atoms with Crippen LogP contribution in [-0.2, 0) is 22.6 Å². The van der Waals surface area contributed by atoms with Crippen molar-refractivity contribution >= 4 is 11.8 Å². The van der Waals surface area contributed by atoms with Crippen LogP contribution in [0.25, 0.3) is 0 Å². The summed E-state index contributed by atoms with van der Waals surface area (Å²) in [5.74, 6) is 1.95. The lowest BCUT2D eigenvalue weighted by molar-refractivity contribution is -0.142. The monoisotopic (exact) mass is 454 g/mol. The summed E-state index contributed by atoms with van der Waals surface area (Å²) in [5.41, 5.74) is 1.55. The molecule has 0 aliphatic carbocycles. The van der Waals surface area contributed by atoms with E-state index in [0.29, 0.717) is 25.1 Å². The molecule has 7 heteroatoms. The molecule has 0 spiro atoms. The number of benzene rings is 2. The Hall–Kier alpha value is -3.22. The average Bonchev–Trinajstić information content (AvgIpc) is 3.24. The molecule has 33 heavy (non-hydrogen) atoms. The van der Waals surface area contributed by atoms with Gasteiger partial charge in [-0.25, -0.2) is 0 Å². The minimum Gasteiger partial charge on any atom is -0.497 e. The van der Waals surface area contributed by atoms with E-state index in [0.717, 1.165) is 22.6 Å². The fourth-order valence-electron chi connectivity index (χ4n) is 3.79. The molecule has 0 radical (unpaired) electrons. The van der Waals surface area contributed by atoms with Gasteiger partial charge in [0.25, 0.3) is 0 Å². The number of aryl methyl sites for hydroxylation is 1. The van der Waals surface area contributed by atoms with Gasteiger partial charge >= 0.3 is 0 Å². The van der Waals surface area contributed by atoms with Gasteiger partial charge in [-0.2, -0.15) is 0 Å². The summed E-state index contributed by atoms with van der Waals surface area (Å²) in [7, 11) is 1.62. The number of fused-ring (bicyclic) bond motifs is 1. The molecule has 0 saturated carbocycles. The maximum Gasteiger partial charge on any atom is 0.243 e. The first-order valence-electron chi connectivity index (χ1n) is 11.3. The molecule has 2 amide bonds. The summed E-state index contributed by atoms with van der Waals surface area (Å²) in [6, 6.07) is 12.7. The second-order valence-corrected chi connectivity index (χ2v) is 9.22. The van der Waals surface area contributed by atoms with Crippen molar-refractivity contribution in [3.05, 3.63) is 53.6 Å². The van der Waals surface area contributed by atoms with E-state index in [1.807, 2.05) is 70.2 Å². The SMILES string of the molecule is CCC(C(=O)NC(C)(C)C)N(Cc1ccc(OC)cc1)C(=O)CCc1ccc2c(c1)OCO2. The fraction of sp³-hybridized carbons (Fsp3) is 0.462. The van der Waals surface area contributed by atoms with Crippen LogP contribution >= 0.6 is 0 Å². The van der Waals surface area contributed by atoms with E-state index in [-0.39, 0.29) is 30.6 Å². The summed E-state index contributed by atoms with van der Waals surface area (Å²) in [4.78, 5) is 28.2. The van der Waals surface area contributed by atoms with E-state index in [9.17, 15) is 9.59 Å². The second kappa shape index (κ2) is 10.6. The van der Waals surface area contributed by atoms with Gasteiger partial charge in [-0.15, -0.1) is 0 Å². The zero-order chi connectivity index (χ0) is 24.0. The molecule has 0 bridgehead atoms. The number of carbonyl (C=O) groups excluding carboxylic acids is 2. The van der Waals surface area contributed by atoms with Crippen LogP contribution in [0.5, 0.6) is 17.2 Å². The third kappa shape index (κ3) is 6.63. The van der Waals surface area contributed by atoms with Crippen LogP contribution in [0.4, 0.5) is 0 Å². The smallest absolute Gasteiger partial charge is 0.243 e. The Labute approximate surface area is 196 Å². The van der Waals surface area contributed by atoms with Crippen molar-refractivity contribution in [3.63, 3.8) is 0 Å². The molecular weight excluding hydrogens is 420 g/mol. The first kappa shape index (κ1) is 24.4. The lowest BCUT2D eigenvalue weighted by Gasteiger charge is -2.33. The van der Waals surface area contributed by atoms with Crippen molar-refractivity contribution in [3.8, 4) is 17.2 Å². The van der Waals surface area contributed by atoms with Gasteiger partial charge in [0.05, 0.1) is 7.11 Å². The number of rotatable bonds is 9. The van der Waals surface area contributed by atoms with Crippen LogP contribution in [0.15, 0.2) is 42.5 Å². The van der Waals surface area contributed by atoms with Gasteiger partial charge in [-0.3, -0.25) is 9.59 Å². The molecule has 1 atom stereocenters. The highest BCUT2D eigenvalue weighted by atomic mass is 16.7. The van der Waals surface area contributed by atoms with Gasteiger partial charge in [0, 0.05) is 18.5 Å². The molecule has 2 aromatic carbocycles. The van der Waals surface area contributed by atoms with Crippen LogP contribution in [-0.4, -0.2) is 42.2 Å². The highest BCUT2D eigenvalue weighted by Crippen LogP contribution is 2.33. The number of carbonyl (C=O) groups is 2. The maximum absolute atomic E-state index is 13.4. The Bertz CT molecular complexity index is 966. The fourth-order valence-corrected chi connectivity index (χ4v) is 3.79. The number of hydrogen-bond donors (Lipinski definition) is 1. The Kier molecular flexibility index (Phi) is 7.84. The minimum atomic E-state index is -0.560. The van der Waals surface area contributed by atoms with Gasteiger partial charge in [-0.1, -0.05) is 25.1 Å². The van der Waals surface area contributed by atoms with E-state index in [4.69, 9.17) is 14.2 Å². The molecule has 0 aromatic heterocycles. The number of hydrogen-bond acceptors (Lipinski definition) is 5. The van der Waals surface area contributed by atoms with Crippen molar-refractivity contribution in [1.82, 2.24) is 10.2 Å². The highest BCUT2D eigenvalue weighted by Gasteiger charge is 2.30. The van der Waals surface area contributed by atoms with Gasteiger partial charge < -0.3 is 24.4 Å². The molecule has 0 fully saturated rings. The number of ether oxygens (including phenoxy) is 3. The molecule has 1 heterocycles. The largest absolute Gasteiger partial charge is 0.497 e. The van der Waals surface area contributed by atoms with Crippen molar-refractivity contribution in [2.24, 2.45) is 0 Å². The molecule has 7 nitrogen and oxygen atoms in total. The minimum absolute atomic E-state index is 0.0700. The van der Waals surface area contributed by atoms with E-state index in [1.165, 1.54) is 0 Å². The molecule has 2 aromatic rings. The number of nitrogens with one attached hydrogen (secondary N) is 1. The first-order valence-corrected chi connectivity index (χ1v) is 11.3. The maximum atomic E-state index is 13.4. The normalized spacial score (nSPS) is 13.4. The Balaban J connectivity index is 1.77. The predicted octanol–water partition coefficient (Wildman–Crippen LogP) is 4.08. The first-order chi connectivity index (χ1) is 15.7. The zero-order valence-corrected chi connectivity index (χ0v) is 20.1. The van der Waals surface area contributed by atoms with Gasteiger partial charge in [-0.05, 0) is 69.0 Å². The summed E-state index contributed by atoms with van der Waals surface area (Å²) in [6.07, 6.45) is 1.36. The third-order valence-electron chi connectivity index (χ3n) is 5.46. The molecule has 1 aliphatic rings. The Morgan fingerprint density at radius 2 is 1.73 bits per heavy atom. The molecule has 1 unspecified atom stereocenters. The van der Waals surface area contributed by atoms with Gasteiger partial charge in [0.15, 0.2) is 11.5 Å². The summed E-state index contributed by atoms with van der Waals surface area (Å²) >= 11 is 0. The summed E-state index contributed by atoms with van der Waals surface area (Å²) in [6.45, 7) is 8.31. The predicted molar refractivity (Wildman–Crippen MR) is 126 cm³/mol. The Morgan fingerprint density at radius 3 is 2.36 bits per heavy atom. The van der Waals surface area contributed by atoms with E-state index in [2.05, 4.69) is 5.32 Å². The summed E-state index contributed by atoms with van der Waals surface area (Å²) < 4.78 is 16.0. The van der Waals surface area contributed by atoms with Gasteiger partial charge in [0.2, 0.25) is 18.6 Å². The highest BCUT2D eigenvalue weighted by molar-refractivity contribution is 5.88. The zero-order valence-electron chi connectivity index (χ0n) is 20.1. The second-order valence-electron chi connectivity index (χ2n) is 9.22. The van der Waals surface area contributed by atoms with Crippen LogP contribution in [0.1, 0.15) is 51.7 Å². The molecule has 1 aliphatic heterocycles. The van der Waals surface area contributed by atoms with Crippen molar-refractivity contribution in [2.75, 3.05) is 13.9 Å². The van der Waals surface area contributed by atoms with Crippen LogP contribution < -0.4 is 19.5 Å². The molecule has 1 N–H and O–H groups in total. The average molecular weight is 455 g/mol. The quantitative estimate of drug-likeness (QED) is 0.618. The van der Waals surface area contributed by atoms with Crippen LogP contribution in [0.2, 0.25) is 0 Å². The number of methoxy groups -OCH3 is 1. The van der Waals surface area contributed by atoms with E-state index < -0.39 is 6.04 Å². The molecule has 3 rings (SSSR count). The van der Waals surface area contributed by atoms with Crippen molar-refractivity contribution < 1.29 is 23.8 Å². The van der Waals surface area contributed by atoms with Crippen LogP contribution in [0.3, 0.4) is 0 Å². The van der Waals surface area contributed by atoms with Crippen molar-refractivity contribution in [2.45, 2.75) is 65.1 Å². The lowest BCUT2D eigenvalue weighted by atomic mass is 10.0. The van der Waals surface area contributed by atoms with Crippen LogP contribution in [0, 0.1) is 0 Å². The van der Waals surface area contributed by atoms with E-state index >= 15 is 0 Å². The van der Waals surface area contributed by atoms with Gasteiger partial charge in [0.1, 0.15) is 11.8 Å². The summed E-state index contributed by atoms with van der Waals surface area (Å²) in [5, 5.41) is 3.03. The number of amides is 2. The standard InChI is InChI=1S/C26H34N2O5/c1-6-21(25(30)27-26(2,3)4)28(16-19-7-11-20(31-5)12-8-19)24(29)14-10-18-9-13-22-23(15-18)33-17-32-22/h7-9,11-13,15,21H,6,10,14,16-17H2,1-5H3,(H,27,30). The Morgan fingerprint density at radius 1 is 1.06 bits per heavy atom. The lowest BCUT2D eigenvalue weighted by Crippen LogP contribution is -2.53. The topological polar surface area (TPSA) is 77.1 Å². The molecule has 0 saturated heterocycles. The molecule has 178 valence electrons. The molecular formula is C26H34N2O5. The third-order valence-corrected chi connectivity index (χ3v) is 5.46. The number of nitrogens with zero attached hydrogens (tertiary/aromatic N) is 1.